The van der Waals surface area contributed by atoms with Gasteiger partial charge in [0.05, 0.1) is 23.8 Å². The molecular formula is C17H19N5. The maximum Gasteiger partial charge on any atom is 0.131 e. The molecule has 0 bridgehead atoms. The molecule has 0 unspecified atom stereocenters. The minimum Gasteiger partial charge on any atom is -0.329 e. The fraction of sp³-hybridized carbons (Fsp3) is 0.353. The molecule has 1 fully saturated rings. The second kappa shape index (κ2) is 4.53. The van der Waals surface area contributed by atoms with Gasteiger partial charge in [-0.15, -0.1) is 5.10 Å². The Hall–Kier alpha value is -2.43. The molecule has 0 radical (unpaired) electrons. The summed E-state index contributed by atoms with van der Waals surface area (Å²) in [6.07, 6.45) is 6.30. The predicted octanol–water partition coefficient (Wildman–Crippen LogP) is 3.03. The summed E-state index contributed by atoms with van der Waals surface area (Å²) in [6, 6.07) is 8.23. The van der Waals surface area contributed by atoms with Gasteiger partial charge in [0, 0.05) is 12.5 Å². The lowest BCUT2D eigenvalue weighted by atomic mass is 10.1. The smallest absolute Gasteiger partial charge is 0.131 e. The molecule has 0 amide bonds. The zero-order valence-corrected chi connectivity index (χ0v) is 13.1. The lowest BCUT2D eigenvalue weighted by Crippen LogP contribution is -2.09. The van der Waals surface area contributed by atoms with Gasteiger partial charge in [-0.3, -0.25) is 0 Å². The number of aromatic nitrogens is 5. The summed E-state index contributed by atoms with van der Waals surface area (Å²) in [7, 11) is 2.06. The van der Waals surface area contributed by atoms with Gasteiger partial charge in [-0.2, -0.15) is 0 Å². The molecule has 22 heavy (non-hydrogen) atoms. The highest BCUT2D eigenvalue weighted by atomic mass is 15.4. The van der Waals surface area contributed by atoms with Crippen molar-refractivity contribution in [2.45, 2.75) is 32.1 Å². The molecule has 1 aromatic carbocycles. The largest absolute Gasteiger partial charge is 0.329 e. The molecule has 0 atom stereocenters. The average Bonchev–Trinajstić information content (AvgIpc) is 2.92. The maximum atomic E-state index is 4.61. The van der Waals surface area contributed by atoms with Crippen LogP contribution in [0.25, 0.3) is 17.1 Å². The van der Waals surface area contributed by atoms with Crippen molar-refractivity contribution in [3.05, 3.63) is 48.0 Å². The van der Waals surface area contributed by atoms with Gasteiger partial charge in [-0.25, -0.2) is 9.67 Å². The first kappa shape index (κ1) is 13.2. The van der Waals surface area contributed by atoms with Crippen molar-refractivity contribution in [2.75, 3.05) is 0 Å². The van der Waals surface area contributed by atoms with Crippen molar-refractivity contribution in [1.82, 2.24) is 24.5 Å². The van der Waals surface area contributed by atoms with Crippen LogP contribution in [0, 0.1) is 6.92 Å². The molecule has 1 aliphatic carbocycles. The van der Waals surface area contributed by atoms with Crippen LogP contribution in [0.4, 0.5) is 0 Å². The third-order valence-electron chi connectivity index (χ3n) is 4.55. The van der Waals surface area contributed by atoms with Crippen LogP contribution in [-0.4, -0.2) is 24.5 Å². The molecule has 3 aromatic rings. The molecule has 0 spiro atoms. The lowest BCUT2D eigenvalue weighted by Gasteiger charge is -2.09. The van der Waals surface area contributed by atoms with Crippen LogP contribution in [-0.2, 0) is 12.5 Å². The van der Waals surface area contributed by atoms with Gasteiger partial charge in [-0.05, 0) is 37.5 Å². The summed E-state index contributed by atoms with van der Waals surface area (Å²) >= 11 is 0. The summed E-state index contributed by atoms with van der Waals surface area (Å²) in [6.45, 7) is 4.34. The van der Waals surface area contributed by atoms with Crippen molar-refractivity contribution < 1.29 is 0 Å². The first-order valence-corrected chi connectivity index (χ1v) is 7.59. The van der Waals surface area contributed by atoms with Gasteiger partial charge in [0.15, 0.2) is 0 Å². The monoisotopic (exact) mass is 293 g/mol. The van der Waals surface area contributed by atoms with Crippen LogP contribution in [0.2, 0.25) is 0 Å². The van der Waals surface area contributed by atoms with Crippen molar-refractivity contribution in [1.29, 1.82) is 0 Å². The van der Waals surface area contributed by atoms with E-state index in [1.54, 1.807) is 0 Å². The van der Waals surface area contributed by atoms with Gasteiger partial charge in [-0.1, -0.05) is 24.3 Å². The quantitative estimate of drug-likeness (QED) is 0.746. The van der Waals surface area contributed by atoms with Gasteiger partial charge in [0.1, 0.15) is 11.5 Å². The predicted molar refractivity (Wildman–Crippen MR) is 84.9 cm³/mol. The molecule has 112 valence electrons. The molecule has 0 N–H and O–H groups in total. The van der Waals surface area contributed by atoms with Crippen LogP contribution in [0.3, 0.4) is 0 Å². The van der Waals surface area contributed by atoms with Crippen LogP contribution < -0.4 is 0 Å². The molecular weight excluding hydrogens is 274 g/mol. The number of hydrogen-bond acceptors (Lipinski definition) is 3. The zero-order valence-electron chi connectivity index (χ0n) is 13.1. The van der Waals surface area contributed by atoms with E-state index in [0.29, 0.717) is 0 Å². The van der Waals surface area contributed by atoms with E-state index in [0.717, 1.165) is 22.9 Å². The van der Waals surface area contributed by atoms with E-state index in [4.69, 9.17) is 0 Å². The highest BCUT2D eigenvalue weighted by Gasteiger charge is 2.43. The highest BCUT2D eigenvalue weighted by molar-refractivity contribution is 5.54. The number of imidazole rings is 1. The number of hydrogen-bond donors (Lipinski definition) is 0. The molecule has 1 aliphatic rings. The van der Waals surface area contributed by atoms with E-state index < -0.39 is 0 Å². The number of nitrogens with zero attached hydrogens (tertiary/aromatic N) is 5. The Bertz CT molecular complexity index is 838. The summed E-state index contributed by atoms with van der Waals surface area (Å²) in [5.41, 5.74) is 4.35. The van der Waals surface area contributed by atoms with E-state index in [2.05, 4.69) is 52.9 Å². The average molecular weight is 293 g/mol. The summed E-state index contributed by atoms with van der Waals surface area (Å²) < 4.78 is 3.96. The lowest BCUT2D eigenvalue weighted by molar-refractivity contribution is 0.661. The van der Waals surface area contributed by atoms with Crippen molar-refractivity contribution in [2.24, 2.45) is 7.05 Å². The number of aryl methyl sites for hydroxylation is 1. The van der Waals surface area contributed by atoms with Crippen LogP contribution >= 0.6 is 0 Å². The third-order valence-corrected chi connectivity index (χ3v) is 4.55. The fourth-order valence-corrected chi connectivity index (χ4v) is 2.90. The van der Waals surface area contributed by atoms with Crippen LogP contribution in [0.5, 0.6) is 0 Å². The topological polar surface area (TPSA) is 48.5 Å². The zero-order chi connectivity index (χ0) is 15.3. The Kier molecular flexibility index (Phi) is 2.73. The summed E-state index contributed by atoms with van der Waals surface area (Å²) in [4.78, 5) is 4.61. The Morgan fingerprint density at radius 1 is 1.23 bits per heavy atom. The minimum absolute atomic E-state index is 0.250. The SMILES string of the molecule is Cc1cccc(-n2cc(-c3cnc(C4(C)CC4)n3C)nn2)c1. The van der Waals surface area contributed by atoms with Crippen molar-refractivity contribution in [3.8, 4) is 17.1 Å². The molecule has 5 nitrogen and oxygen atoms in total. The Balaban J connectivity index is 1.72. The molecule has 0 saturated heterocycles. The van der Waals surface area contributed by atoms with Crippen molar-refractivity contribution in [3.63, 3.8) is 0 Å². The molecule has 1 saturated carbocycles. The van der Waals surface area contributed by atoms with Crippen LogP contribution in [0.1, 0.15) is 31.2 Å². The number of rotatable bonds is 3. The third kappa shape index (κ3) is 2.04. The first-order valence-electron chi connectivity index (χ1n) is 7.59. The van der Waals surface area contributed by atoms with Gasteiger partial charge < -0.3 is 4.57 Å². The van der Waals surface area contributed by atoms with Gasteiger partial charge in [0.25, 0.3) is 0 Å². The molecule has 5 heteroatoms. The second-order valence-electron chi connectivity index (χ2n) is 6.47. The van der Waals surface area contributed by atoms with Gasteiger partial charge in [0.2, 0.25) is 0 Å². The molecule has 0 aliphatic heterocycles. The van der Waals surface area contributed by atoms with E-state index >= 15 is 0 Å². The summed E-state index contributed by atoms with van der Waals surface area (Å²) in [5, 5.41) is 8.58. The fourth-order valence-electron chi connectivity index (χ4n) is 2.90. The van der Waals surface area contributed by atoms with Gasteiger partial charge >= 0.3 is 0 Å². The Morgan fingerprint density at radius 2 is 2.05 bits per heavy atom. The van der Waals surface area contributed by atoms with E-state index in [1.165, 1.54) is 18.4 Å². The van der Waals surface area contributed by atoms with Crippen molar-refractivity contribution >= 4 is 0 Å². The highest BCUT2D eigenvalue weighted by Crippen LogP contribution is 2.47. The normalized spacial score (nSPS) is 16.0. The van der Waals surface area contributed by atoms with E-state index in [-0.39, 0.29) is 5.41 Å². The molecule has 2 aromatic heterocycles. The van der Waals surface area contributed by atoms with Crippen LogP contribution in [0.15, 0.2) is 36.7 Å². The molecule has 2 heterocycles. The first-order chi connectivity index (χ1) is 10.6. The van der Waals surface area contributed by atoms with E-state index in [9.17, 15) is 0 Å². The number of benzene rings is 1. The maximum absolute atomic E-state index is 4.61. The standard InChI is InChI=1S/C17H19N5/c1-12-5-4-6-13(9-12)22-11-14(19-20-22)15-10-18-16(21(15)3)17(2)7-8-17/h4-6,9-11H,7-8H2,1-3H3. The molecule has 4 rings (SSSR count). The Morgan fingerprint density at radius 3 is 2.77 bits per heavy atom. The summed E-state index contributed by atoms with van der Waals surface area (Å²) in [5.74, 6) is 1.15. The van der Waals surface area contributed by atoms with E-state index in [1.807, 2.05) is 29.2 Å². The minimum atomic E-state index is 0.250. The second-order valence-corrected chi connectivity index (χ2v) is 6.47. The Labute approximate surface area is 129 Å².